The maximum absolute atomic E-state index is 4.34. The van der Waals surface area contributed by atoms with Crippen LogP contribution in [0.15, 0.2) is 28.4 Å². The quantitative estimate of drug-likeness (QED) is 0.569. The highest BCUT2D eigenvalue weighted by atomic mass is 15.1. The average Bonchev–Trinajstić information content (AvgIpc) is 2.33. The van der Waals surface area contributed by atoms with E-state index in [-0.39, 0.29) is 0 Å². The first-order valence-corrected chi connectivity index (χ1v) is 4.30. The summed E-state index contributed by atoms with van der Waals surface area (Å²) in [7, 11) is 2.11. The molecule has 0 bridgehead atoms. The number of allylic oxidation sites excluding steroid dienone is 1. The Morgan fingerprint density at radius 2 is 2.08 bits per heavy atom. The van der Waals surface area contributed by atoms with E-state index in [2.05, 4.69) is 29.1 Å². The summed E-state index contributed by atoms with van der Waals surface area (Å²) in [5.41, 5.74) is 2.55. The molecule has 0 aromatic rings. The summed E-state index contributed by atoms with van der Waals surface area (Å²) in [6.07, 6.45) is 6.07. The van der Waals surface area contributed by atoms with Crippen LogP contribution < -0.4 is 0 Å². The van der Waals surface area contributed by atoms with Gasteiger partial charge >= 0.3 is 0 Å². The topological polar surface area (TPSA) is 15.6 Å². The first-order valence-electron chi connectivity index (χ1n) is 4.30. The van der Waals surface area contributed by atoms with Crippen molar-refractivity contribution in [1.29, 1.82) is 0 Å². The van der Waals surface area contributed by atoms with Crippen LogP contribution in [-0.4, -0.2) is 31.3 Å². The Morgan fingerprint density at radius 3 is 2.67 bits per heavy atom. The Kier molecular flexibility index (Phi) is 3.23. The normalized spacial score (nSPS) is 20.6. The predicted octanol–water partition coefficient (Wildman–Crippen LogP) is 1.85. The van der Waals surface area contributed by atoms with Gasteiger partial charge in [-0.25, -0.2) is 0 Å². The molecule has 0 atom stereocenters. The molecule has 1 rings (SSSR count). The van der Waals surface area contributed by atoms with Crippen LogP contribution in [0.2, 0.25) is 0 Å². The minimum atomic E-state index is 0.976. The van der Waals surface area contributed by atoms with E-state index in [4.69, 9.17) is 0 Å². The van der Waals surface area contributed by atoms with Crippen molar-refractivity contribution >= 4 is 6.21 Å². The summed E-state index contributed by atoms with van der Waals surface area (Å²) in [5.74, 6) is 0. The van der Waals surface area contributed by atoms with Crippen LogP contribution in [0.25, 0.3) is 0 Å². The van der Waals surface area contributed by atoms with Gasteiger partial charge < -0.3 is 0 Å². The van der Waals surface area contributed by atoms with E-state index in [1.54, 1.807) is 0 Å². The monoisotopic (exact) mass is 164 g/mol. The van der Waals surface area contributed by atoms with Crippen molar-refractivity contribution in [2.45, 2.75) is 13.8 Å². The number of hydrogen-bond donors (Lipinski definition) is 0. The molecule has 1 aliphatic rings. The van der Waals surface area contributed by atoms with Gasteiger partial charge in [0.2, 0.25) is 0 Å². The van der Waals surface area contributed by atoms with E-state index >= 15 is 0 Å². The molecule has 12 heavy (non-hydrogen) atoms. The third kappa shape index (κ3) is 2.05. The smallest absolute Gasteiger partial charge is 0.0584 e. The molecule has 0 aromatic carbocycles. The van der Waals surface area contributed by atoms with Crippen LogP contribution in [0.5, 0.6) is 0 Å². The van der Waals surface area contributed by atoms with Crippen LogP contribution in [0.1, 0.15) is 13.8 Å². The Morgan fingerprint density at radius 1 is 1.33 bits per heavy atom. The summed E-state index contributed by atoms with van der Waals surface area (Å²) in [5, 5.41) is 0. The standard InChI is InChI=1S/C10H16N2/c1-4-6-9-7-12(3)8-10(9)11-5-2/h4-6H,7-8H2,1-3H3/b6-4-,11-5?. The van der Waals surface area contributed by atoms with Crippen molar-refractivity contribution < 1.29 is 0 Å². The minimum Gasteiger partial charge on any atom is -0.296 e. The summed E-state index contributed by atoms with van der Waals surface area (Å²) in [6.45, 7) is 6.00. The third-order valence-corrected chi connectivity index (χ3v) is 1.88. The van der Waals surface area contributed by atoms with Gasteiger partial charge in [-0.05, 0) is 26.5 Å². The molecule has 0 unspecified atom stereocenters. The predicted molar refractivity (Wildman–Crippen MR) is 53.5 cm³/mol. The van der Waals surface area contributed by atoms with Crippen LogP contribution in [0.4, 0.5) is 0 Å². The van der Waals surface area contributed by atoms with Crippen molar-refractivity contribution in [1.82, 2.24) is 4.90 Å². The molecule has 1 heterocycles. The van der Waals surface area contributed by atoms with E-state index < -0.39 is 0 Å². The molecular weight excluding hydrogens is 148 g/mol. The highest BCUT2D eigenvalue weighted by molar-refractivity contribution is 5.56. The average molecular weight is 164 g/mol. The van der Waals surface area contributed by atoms with E-state index in [1.165, 1.54) is 11.3 Å². The maximum atomic E-state index is 4.34. The number of rotatable bonds is 2. The second-order valence-electron chi connectivity index (χ2n) is 3.03. The van der Waals surface area contributed by atoms with Crippen molar-refractivity contribution in [3.63, 3.8) is 0 Å². The second kappa shape index (κ2) is 4.21. The Bertz CT molecular complexity index is 212. The molecule has 2 heteroatoms. The fourth-order valence-electron chi connectivity index (χ4n) is 1.42. The molecule has 1 aliphatic heterocycles. The second-order valence-corrected chi connectivity index (χ2v) is 3.03. The summed E-state index contributed by atoms with van der Waals surface area (Å²) < 4.78 is 0. The van der Waals surface area contributed by atoms with E-state index in [9.17, 15) is 0 Å². The largest absolute Gasteiger partial charge is 0.296 e. The molecule has 0 saturated heterocycles. The van der Waals surface area contributed by atoms with Gasteiger partial charge in [-0.15, -0.1) is 0 Å². The fraction of sp³-hybridized carbons (Fsp3) is 0.500. The van der Waals surface area contributed by atoms with Gasteiger partial charge in [0, 0.05) is 19.3 Å². The Balaban J connectivity index is 2.80. The zero-order chi connectivity index (χ0) is 8.97. The SMILES string of the molecule is CC=NC1=C(/C=C\C)CN(C)C1. The number of aliphatic imine (C=N–C) groups is 1. The molecule has 0 amide bonds. The first kappa shape index (κ1) is 9.20. The van der Waals surface area contributed by atoms with Gasteiger partial charge in [0.25, 0.3) is 0 Å². The van der Waals surface area contributed by atoms with Crippen molar-refractivity contribution in [2.75, 3.05) is 20.1 Å². The fourth-order valence-corrected chi connectivity index (χ4v) is 1.42. The molecule has 0 spiro atoms. The molecule has 0 aromatic heterocycles. The molecule has 2 nitrogen and oxygen atoms in total. The summed E-state index contributed by atoms with van der Waals surface area (Å²) in [4.78, 5) is 6.60. The lowest BCUT2D eigenvalue weighted by atomic mass is 10.2. The van der Waals surface area contributed by atoms with Gasteiger partial charge in [0.15, 0.2) is 0 Å². The van der Waals surface area contributed by atoms with Gasteiger partial charge in [0.1, 0.15) is 0 Å². The van der Waals surface area contributed by atoms with E-state index in [1.807, 2.05) is 20.1 Å². The zero-order valence-corrected chi connectivity index (χ0v) is 8.04. The molecule has 66 valence electrons. The molecule has 0 N–H and O–H groups in total. The van der Waals surface area contributed by atoms with Crippen LogP contribution in [0.3, 0.4) is 0 Å². The Labute approximate surface area is 74.3 Å². The highest BCUT2D eigenvalue weighted by Crippen LogP contribution is 2.17. The number of nitrogens with zero attached hydrogens (tertiary/aromatic N) is 2. The lowest BCUT2D eigenvalue weighted by Gasteiger charge is -2.04. The lowest BCUT2D eigenvalue weighted by Crippen LogP contribution is -2.14. The van der Waals surface area contributed by atoms with Crippen LogP contribution >= 0.6 is 0 Å². The lowest BCUT2D eigenvalue weighted by molar-refractivity contribution is 0.425. The Hall–Kier alpha value is -0.890. The summed E-state index contributed by atoms with van der Waals surface area (Å²) >= 11 is 0. The van der Waals surface area contributed by atoms with Gasteiger partial charge in [-0.2, -0.15) is 0 Å². The van der Waals surface area contributed by atoms with Crippen molar-refractivity contribution in [3.05, 3.63) is 23.4 Å². The zero-order valence-electron chi connectivity index (χ0n) is 8.04. The highest BCUT2D eigenvalue weighted by Gasteiger charge is 2.15. The number of hydrogen-bond acceptors (Lipinski definition) is 2. The molecule has 0 radical (unpaired) electrons. The van der Waals surface area contributed by atoms with Gasteiger partial charge in [0.05, 0.1) is 5.70 Å². The van der Waals surface area contributed by atoms with Gasteiger partial charge in [-0.1, -0.05) is 12.2 Å². The van der Waals surface area contributed by atoms with Gasteiger partial charge in [-0.3, -0.25) is 9.89 Å². The molecule has 0 saturated carbocycles. The van der Waals surface area contributed by atoms with E-state index in [0.29, 0.717) is 0 Å². The summed E-state index contributed by atoms with van der Waals surface area (Å²) in [6, 6.07) is 0. The first-order chi connectivity index (χ1) is 5.77. The van der Waals surface area contributed by atoms with Crippen molar-refractivity contribution in [3.8, 4) is 0 Å². The molecule has 0 fully saturated rings. The maximum Gasteiger partial charge on any atom is 0.0584 e. The van der Waals surface area contributed by atoms with Crippen molar-refractivity contribution in [2.24, 2.45) is 4.99 Å². The van der Waals surface area contributed by atoms with E-state index in [0.717, 1.165) is 13.1 Å². The van der Waals surface area contributed by atoms with Crippen LogP contribution in [-0.2, 0) is 0 Å². The number of likely N-dealkylation sites (N-methyl/N-ethyl adjacent to an activating group) is 1. The third-order valence-electron chi connectivity index (χ3n) is 1.88. The minimum absolute atomic E-state index is 0.976. The molecule has 0 aliphatic carbocycles. The van der Waals surface area contributed by atoms with Crippen LogP contribution in [0, 0.1) is 0 Å². The molecular formula is C10H16N2.